The second-order valence-electron chi connectivity index (χ2n) is 4.95. The fourth-order valence-electron chi connectivity index (χ4n) is 2.16. The first-order chi connectivity index (χ1) is 10.4. The Morgan fingerprint density at radius 1 is 1.17 bits per heavy atom. The molecule has 0 unspecified atom stereocenters. The first-order valence-electron chi connectivity index (χ1n) is 6.58. The van der Waals surface area contributed by atoms with E-state index in [0.29, 0.717) is 0 Å². The summed E-state index contributed by atoms with van der Waals surface area (Å²) in [6.07, 6.45) is -0.733. The molecule has 0 saturated heterocycles. The number of aromatic hydroxyl groups is 2. The van der Waals surface area contributed by atoms with Crippen molar-refractivity contribution >= 4 is 18.1 Å². The van der Waals surface area contributed by atoms with Crippen LogP contribution in [0.2, 0.25) is 0 Å². The van der Waals surface area contributed by atoms with E-state index in [1.807, 2.05) is 30.3 Å². The number of benzene rings is 2. The van der Waals surface area contributed by atoms with Gasteiger partial charge in [0.1, 0.15) is 0 Å². The Balaban J connectivity index is 0.00000264. The van der Waals surface area contributed by atoms with Crippen LogP contribution in [-0.4, -0.2) is 26.3 Å². The molecule has 0 amide bonds. The highest BCUT2D eigenvalue weighted by atomic mass is 35.5. The number of nitrogens with two attached hydrogens (primary N) is 1. The molecule has 7 nitrogen and oxygen atoms in total. The highest BCUT2D eigenvalue weighted by Gasteiger charge is 2.24. The predicted molar refractivity (Wildman–Crippen MR) is 86.8 cm³/mol. The van der Waals surface area contributed by atoms with Gasteiger partial charge in [0.25, 0.3) is 0 Å². The maximum Gasteiger partial charge on any atom is 0.314 e. The van der Waals surface area contributed by atoms with Crippen molar-refractivity contribution < 1.29 is 20.2 Å². The van der Waals surface area contributed by atoms with Crippen LogP contribution >= 0.6 is 12.4 Å². The van der Waals surface area contributed by atoms with Gasteiger partial charge in [-0.1, -0.05) is 30.3 Å². The van der Waals surface area contributed by atoms with E-state index in [-0.39, 0.29) is 24.4 Å². The average Bonchev–Trinajstić information content (AvgIpc) is 2.49. The maximum absolute atomic E-state index is 10.8. The van der Waals surface area contributed by atoms with Gasteiger partial charge in [0.05, 0.1) is 17.1 Å². The Morgan fingerprint density at radius 3 is 2.35 bits per heavy atom. The number of phenolic OH excluding ortho intramolecular Hbond substituents is 2. The van der Waals surface area contributed by atoms with Crippen LogP contribution in [0.5, 0.6) is 11.5 Å². The van der Waals surface area contributed by atoms with Gasteiger partial charge in [-0.3, -0.25) is 10.1 Å². The minimum atomic E-state index is -0.994. The van der Waals surface area contributed by atoms with Crippen LogP contribution in [0.4, 0.5) is 5.69 Å². The van der Waals surface area contributed by atoms with Crippen LogP contribution in [0.25, 0.3) is 0 Å². The largest absolute Gasteiger partial charge is 0.504 e. The van der Waals surface area contributed by atoms with Crippen molar-refractivity contribution in [2.75, 3.05) is 0 Å². The van der Waals surface area contributed by atoms with Gasteiger partial charge in [0.15, 0.2) is 5.75 Å². The zero-order valence-electron chi connectivity index (χ0n) is 12.0. The van der Waals surface area contributed by atoms with Gasteiger partial charge in [-0.15, -0.1) is 12.4 Å². The van der Waals surface area contributed by atoms with Gasteiger partial charge in [-0.05, 0) is 17.2 Å². The number of halogens is 1. The lowest BCUT2D eigenvalue weighted by Crippen LogP contribution is -2.28. The Kier molecular flexibility index (Phi) is 6.32. The van der Waals surface area contributed by atoms with Gasteiger partial charge in [-0.2, -0.15) is 0 Å². The predicted octanol–water partition coefficient (Wildman–Crippen LogP) is 2.03. The third-order valence-electron chi connectivity index (χ3n) is 3.38. The normalized spacial score (nSPS) is 13.0. The molecule has 0 fully saturated rings. The molecule has 2 aromatic rings. The van der Waals surface area contributed by atoms with Gasteiger partial charge in [0.2, 0.25) is 5.75 Å². The van der Waals surface area contributed by atoms with Crippen LogP contribution in [0.15, 0.2) is 42.5 Å². The van der Waals surface area contributed by atoms with E-state index < -0.39 is 34.3 Å². The maximum atomic E-state index is 10.8. The molecule has 0 aliphatic rings. The van der Waals surface area contributed by atoms with Crippen molar-refractivity contribution in [2.24, 2.45) is 5.73 Å². The monoisotopic (exact) mass is 340 g/mol. The number of phenols is 2. The number of hydrogen-bond acceptors (Lipinski definition) is 6. The van der Waals surface area contributed by atoms with Crippen molar-refractivity contribution in [1.29, 1.82) is 0 Å². The van der Waals surface area contributed by atoms with Crippen LogP contribution in [0.1, 0.15) is 17.2 Å². The third kappa shape index (κ3) is 4.32. The molecule has 2 aromatic carbocycles. The molecule has 0 aromatic heterocycles. The van der Waals surface area contributed by atoms with Gasteiger partial charge >= 0.3 is 5.69 Å². The molecule has 0 bridgehead atoms. The minimum absolute atomic E-state index is 0. The first-order valence-corrected chi connectivity index (χ1v) is 6.58. The zero-order valence-corrected chi connectivity index (χ0v) is 12.8. The van der Waals surface area contributed by atoms with E-state index in [0.717, 1.165) is 17.7 Å². The average molecular weight is 341 g/mol. The second-order valence-corrected chi connectivity index (χ2v) is 4.95. The summed E-state index contributed by atoms with van der Waals surface area (Å²) in [4.78, 5) is 10.0. The molecule has 0 aliphatic carbocycles. The van der Waals surface area contributed by atoms with E-state index in [2.05, 4.69) is 0 Å². The van der Waals surface area contributed by atoms with Crippen molar-refractivity contribution in [2.45, 2.75) is 18.6 Å². The van der Waals surface area contributed by atoms with Crippen molar-refractivity contribution in [1.82, 2.24) is 0 Å². The Hall–Kier alpha value is -2.35. The lowest BCUT2D eigenvalue weighted by atomic mass is 9.96. The molecular formula is C15H17ClN2O5. The summed E-state index contributed by atoms with van der Waals surface area (Å²) in [5.74, 6) is -1.47. The number of nitro benzene ring substituents is 1. The van der Waals surface area contributed by atoms with Gasteiger partial charge < -0.3 is 21.1 Å². The van der Waals surface area contributed by atoms with E-state index >= 15 is 0 Å². The number of hydrogen-bond donors (Lipinski definition) is 4. The standard InChI is InChI=1S/C15H16N2O5.ClH/c16-14(12(18)6-9-4-2-1-3-5-9)10-7-11(17(21)22)15(20)13(19)8-10;/h1-5,7-8,12,14,18-20H,6,16H2;1H/t12-,14+;/m0./s1. The number of rotatable bonds is 5. The highest BCUT2D eigenvalue weighted by molar-refractivity contribution is 5.85. The smallest absolute Gasteiger partial charge is 0.314 e. The van der Waals surface area contributed by atoms with Crippen LogP contribution in [0.3, 0.4) is 0 Å². The molecular weight excluding hydrogens is 324 g/mol. The minimum Gasteiger partial charge on any atom is -0.504 e. The molecule has 0 heterocycles. The summed E-state index contributed by atoms with van der Waals surface area (Å²) in [6, 6.07) is 10.4. The fourth-order valence-corrected chi connectivity index (χ4v) is 2.16. The number of nitro groups is 1. The van der Waals surface area contributed by atoms with E-state index in [1.54, 1.807) is 0 Å². The highest BCUT2D eigenvalue weighted by Crippen LogP contribution is 2.38. The van der Waals surface area contributed by atoms with Gasteiger partial charge in [-0.25, -0.2) is 0 Å². The van der Waals surface area contributed by atoms with Crippen LogP contribution < -0.4 is 5.73 Å². The van der Waals surface area contributed by atoms with Gasteiger partial charge in [0, 0.05) is 12.5 Å². The fraction of sp³-hybridized carbons (Fsp3) is 0.200. The lowest BCUT2D eigenvalue weighted by Gasteiger charge is -2.19. The Labute approximate surface area is 138 Å². The third-order valence-corrected chi connectivity index (χ3v) is 3.38. The summed E-state index contributed by atoms with van der Waals surface area (Å²) < 4.78 is 0. The van der Waals surface area contributed by atoms with Crippen molar-refractivity contribution in [3.05, 3.63) is 63.7 Å². The molecule has 0 aliphatic heterocycles. The molecule has 0 radical (unpaired) electrons. The van der Waals surface area contributed by atoms with Crippen LogP contribution in [0, 0.1) is 10.1 Å². The topological polar surface area (TPSA) is 130 Å². The summed E-state index contributed by atoms with van der Waals surface area (Å²) in [5, 5.41) is 40.0. The Bertz CT molecular complexity index is 681. The summed E-state index contributed by atoms with van der Waals surface area (Å²) in [6.45, 7) is 0. The molecule has 124 valence electrons. The van der Waals surface area contributed by atoms with Crippen molar-refractivity contribution in [3.8, 4) is 11.5 Å². The SMILES string of the molecule is Cl.N[C@H](c1cc(O)c(O)c([N+](=O)[O-])c1)[C@@H](O)Cc1ccccc1. The van der Waals surface area contributed by atoms with E-state index in [1.165, 1.54) is 0 Å². The second kappa shape index (κ2) is 7.77. The molecule has 5 N–H and O–H groups in total. The zero-order chi connectivity index (χ0) is 16.3. The summed E-state index contributed by atoms with van der Waals surface area (Å²) in [7, 11) is 0. The number of nitrogens with zero attached hydrogens (tertiary/aromatic N) is 1. The van der Waals surface area contributed by atoms with Crippen molar-refractivity contribution in [3.63, 3.8) is 0 Å². The quantitative estimate of drug-likeness (QED) is 0.374. The number of aliphatic hydroxyl groups is 1. The molecule has 8 heteroatoms. The molecule has 2 atom stereocenters. The molecule has 0 saturated carbocycles. The first kappa shape index (κ1) is 18.7. The number of aliphatic hydroxyl groups excluding tert-OH is 1. The molecule has 0 spiro atoms. The molecule has 23 heavy (non-hydrogen) atoms. The lowest BCUT2D eigenvalue weighted by molar-refractivity contribution is -0.386. The van der Waals surface area contributed by atoms with Crippen LogP contribution in [-0.2, 0) is 6.42 Å². The van der Waals surface area contributed by atoms with E-state index in [9.17, 15) is 25.4 Å². The molecule has 2 rings (SSSR count). The summed E-state index contributed by atoms with van der Waals surface area (Å²) in [5.41, 5.74) is 6.29. The summed E-state index contributed by atoms with van der Waals surface area (Å²) >= 11 is 0. The van der Waals surface area contributed by atoms with E-state index in [4.69, 9.17) is 5.73 Å². The Morgan fingerprint density at radius 2 is 1.78 bits per heavy atom.